The van der Waals surface area contributed by atoms with Gasteiger partial charge in [-0.3, -0.25) is 0 Å². The van der Waals surface area contributed by atoms with Crippen LogP contribution in [0.25, 0.3) is 0 Å². The Morgan fingerprint density at radius 3 is 2.24 bits per heavy atom. The monoisotopic (exact) mass is 523 g/mol. The van der Waals surface area contributed by atoms with Gasteiger partial charge in [-0.1, -0.05) is 24.3 Å². The molecule has 0 saturated heterocycles. The number of alkyl halides is 3. The van der Waals surface area contributed by atoms with Crippen molar-refractivity contribution in [2.75, 3.05) is 5.32 Å². The molecular weight excluding hydrogens is 498 g/mol. The second kappa shape index (κ2) is 10.7. The van der Waals surface area contributed by atoms with Crippen LogP contribution in [0.15, 0.2) is 53.5 Å². The van der Waals surface area contributed by atoms with Gasteiger partial charge in [-0.25, -0.2) is 4.99 Å². The maximum Gasteiger partial charge on any atom is 0.573 e. The van der Waals surface area contributed by atoms with Crippen LogP contribution < -0.4 is 15.8 Å². The molecule has 29 heavy (non-hydrogen) atoms. The molecule has 160 valence electrons. The van der Waals surface area contributed by atoms with E-state index >= 15 is 0 Å². The molecule has 5 nitrogen and oxygen atoms in total. The molecule has 3 N–H and O–H groups in total. The van der Waals surface area contributed by atoms with Crippen molar-refractivity contribution >= 4 is 35.6 Å². The highest BCUT2D eigenvalue weighted by molar-refractivity contribution is 14.0. The Labute approximate surface area is 185 Å². The number of benzene rings is 2. The predicted octanol–water partition coefficient (Wildman–Crippen LogP) is 5.45. The molecule has 9 heteroatoms. The second-order valence-corrected chi connectivity index (χ2v) is 7.12. The van der Waals surface area contributed by atoms with Crippen LogP contribution in [0.1, 0.15) is 31.9 Å². The fraction of sp³-hybridized carbons (Fsp3) is 0.350. The molecule has 0 amide bonds. The van der Waals surface area contributed by atoms with Gasteiger partial charge in [0.1, 0.15) is 5.75 Å². The Hall–Kier alpha value is -2.01. The van der Waals surface area contributed by atoms with E-state index in [4.69, 9.17) is 10.5 Å². The first-order valence-corrected chi connectivity index (χ1v) is 8.65. The number of nitrogens with one attached hydrogen (secondary N) is 1. The first-order valence-electron chi connectivity index (χ1n) is 8.65. The number of halogens is 4. The zero-order chi connectivity index (χ0) is 20.8. The Morgan fingerprint density at radius 1 is 1.03 bits per heavy atom. The van der Waals surface area contributed by atoms with Crippen LogP contribution >= 0.6 is 24.0 Å². The van der Waals surface area contributed by atoms with Gasteiger partial charge in [-0.05, 0) is 56.2 Å². The number of nitrogens with zero attached hydrogens (tertiary/aromatic N) is 1. The minimum Gasteiger partial charge on any atom is -0.406 e. The first-order chi connectivity index (χ1) is 13.0. The molecule has 0 fully saturated rings. The van der Waals surface area contributed by atoms with E-state index < -0.39 is 6.36 Å². The van der Waals surface area contributed by atoms with Crippen LogP contribution in [0.5, 0.6) is 5.75 Å². The minimum absolute atomic E-state index is 0. The Kier molecular flexibility index (Phi) is 9.21. The van der Waals surface area contributed by atoms with E-state index in [1.54, 1.807) is 0 Å². The SMILES string of the molecule is CC(C)(C)OCc1cccc(CN=C(N)Nc2ccc(OC(F)(F)F)cc2)c1.I. The maximum atomic E-state index is 12.2. The molecule has 0 aliphatic heterocycles. The van der Waals surface area contributed by atoms with E-state index in [0.29, 0.717) is 18.8 Å². The number of aliphatic imine (C=N–C) groups is 1. The first kappa shape index (κ1) is 25.0. The zero-order valence-electron chi connectivity index (χ0n) is 16.4. The number of hydrogen-bond donors (Lipinski definition) is 2. The Bertz CT molecular complexity index is 804. The summed E-state index contributed by atoms with van der Waals surface area (Å²) in [5.41, 5.74) is 8.14. The summed E-state index contributed by atoms with van der Waals surface area (Å²) in [7, 11) is 0. The van der Waals surface area contributed by atoms with Crippen molar-refractivity contribution in [3.05, 3.63) is 59.7 Å². The number of anilines is 1. The molecule has 0 radical (unpaired) electrons. The summed E-state index contributed by atoms with van der Waals surface area (Å²) in [5.74, 6) is -0.149. The Morgan fingerprint density at radius 2 is 1.66 bits per heavy atom. The van der Waals surface area contributed by atoms with Gasteiger partial charge in [-0.15, -0.1) is 37.1 Å². The summed E-state index contributed by atoms with van der Waals surface area (Å²) < 4.78 is 46.1. The summed E-state index contributed by atoms with van der Waals surface area (Å²) >= 11 is 0. The van der Waals surface area contributed by atoms with Crippen LogP contribution in [0.3, 0.4) is 0 Å². The lowest BCUT2D eigenvalue weighted by molar-refractivity contribution is -0.274. The highest BCUT2D eigenvalue weighted by Crippen LogP contribution is 2.23. The van der Waals surface area contributed by atoms with Gasteiger partial charge in [0.15, 0.2) is 5.96 Å². The second-order valence-electron chi connectivity index (χ2n) is 7.12. The number of nitrogens with two attached hydrogens (primary N) is 1. The topological polar surface area (TPSA) is 68.9 Å². The third kappa shape index (κ3) is 10.4. The quantitative estimate of drug-likeness (QED) is 0.301. The lowest BCUT2D eigenvalue weighted by Gasteiger charge is -2.19. The molecule has 2 rings (SSSR count). The number of hydrogen-bond acceptors (Lipinski definition) is 3. The summed E-state index contributed by atoms with van der Waals surface area (Å²) in [6.07, 6.45) is -4.72. The smallest absolute Gasteiger partial charge is 0.406 e. The predicted molar refractivity (Wildman–Crippen MR) is 118 cm³/mol. The summed E-state index contributed by atoms with van der Waals surface area (Å²) in [5, 5.41) is 2.83. The number of ether oxygens (including phenoxy) is 2. The van der Waals surface area contributed by atoms with Gasteiger partial charge < -0.3 is 20.5 Å². The van der Waals surface area contributed by atoms with Crippen molar-refractivity contribution in [1.29, 1.82) is 0 Å². The van der Waals surface area contributed by atoms with E-state index in [2.05, 4.69) is 15.0 Å². The van der Waals surface area contributed by atoms with Gasteiger partial charge in [0.05, 0.1) is 18.8 Å². The minimum atomic E-state index is -4.72. The van der Waals surface area contributed by atoms with Crippen molar-refractivity contribution < 1.29 is 22.6 Å². The van der Waals surface area contributed by atoms with Crippen molar-refractivity contribution in [3.8, 4) is 5.75 Å². The van der Waals surface area contributed by atoms with E-state index in [-0.39, 0.29) is 41.3 Å². The van der Waals surface area contributed by atoms with Gasteiger partial charge in [0.25, 0.3) is 0 Å². The average molecular weight is 523 g/mol. The summed E-state index contributed by atoms with van der Waals surface area (Å²) in [4.78, 5) is 4.25. The summed E-state index contributed by atoms with van der Waals surface area (Å²) in [6.45, 7) is 6.85. The molecule has 2 aromatic rings. The molecule has 0 bridgehead atoms. The number of guanidine groups is 1. The zero-order valence-corrected chi connectivity index (χ0v) is 18.7. The maximum absolute atomic E-state index is 12.2. The molecular formula is C20H25F3IN3O2. The molecule has 0 aliphatic carbocycles. The third-order valence-corrected chi connectivity index (χ3v) is 3.46. The van der Waals surface area contributed by atoms with Crippen LogP contribution in [-0.4, -0.2) is 17.9 Å². The summed E-state index contributed by atoms with van der Waals surface area (Å²) in [6, 6.07) is 13.1. The lowest BCUT2D eigenvalue weighted by Crippen LogP contribution is -2.22. The van der Waals surface area contributed by atoms with Crippen molar-refractivity contribution in [2.45, 2.75) is 45.9 Å². The molecule has 0 saturated carbocycles. The Balaban J connectivity index is 0.00000420. The van der Waals surface area contributed by atoms with E-state index in [1.807, 2.05) is 45.0 Å². The normalized spacial score (nSPS) is 12.3. The van der Waals surface area contributed by atoms with E-state index in [0.717, 1.165) is 11.1 Å². The largest absolute Gasteiger partial charge is 0.573 e. The number of rotatable bonds is 6. The molecule has 0 heterocycles. The van der Waals surface area contributed by atoms with Crippen LogP contribution in [-0.2, 0) is 17.9 Å². The van der Waals surface area contributed by atoms with Gasteiger partial charge in [0, 0.05) is 5.69 Å². The fourth-order valence-corrected chi connectivity index (χ4v) is 2.22. The fourth-order valence-electron chi connectivity index (χ4n) is 2.22. The van der Waals surface area contributed by atoms with Crippen LogP contribution in [0, 0.1) is 0 Å². The van der Waals surface area contributed by atoms with Gasteiger partial charge in [0.2, 0.25) is 0 Å². The standard InChI is InChI=1S/C20H24F3N3O2.HI/c1-19(2,3)27-13-15-6-4-5-14(11-15)12-25-18(24)26-16-7-9-17(10-8-16)28-20(21,22)23;/h4-11H,12-13H2,1-3H3,(H3,24,25,26);1H. The van der Waals surface area contributed by atoms with Gasteiger partial charge in [-0.2, -0.15) is 0 Å². The van der Waals surface area contributed by atoms with E-state index in [1.165, 1.54) is 24.3 Å². The third-order valence-electron chi connectivity index (χ3n) is 3.46. The van der Waals surface area contributed by atoms with E-state index in [9.17, 15) is 13.2 Å². The molecule has 0 spiro atoms. The molecule has 0 atom stereocenters. The van der Waals surface area contributed by atoms with Crippen molar-refractivity contribution in [3.63, 3.8) is 0 Å². The molecule has 0 aromatic heterocycles. The highest BCUT2D eigenvalue weighted by atomic mass is 127. The van der Waals surface area contributed by atoms with Crippen LogP contribution in [0.4, 0.5) is 18.9 Å². The molecule has 0 unspecified atom stereocenters. The van der Waals surface area contributed by atoms with Crippen LogP contribution in [0.2, 0.25) is 0 Å². The van der Waals surface area contributed by atoms with Crippen molar-refractivity contribution in [2.24, 2.45) is 10.7 Å². The molecule has 2 aromatic carbocycles. The molecule has 0 aliphatic rings. The van der Waals surface area contributed by atoms with Crippen molar-refractivity contribution in [1.82, 2.24) is 0 Å². The highest BCUT2D eigenvalue weighted by Gasteiger charge is 2.30. The average Bonchev–Trinajstić information content (AvgIpc) is 2.58. The lowest BCUT2D eigenvalue weighted by atomic mass is 10.1. The van der Waals surface area contributed by atoms with Gasteiger partial charge >= 0.3 is 6.36 Å².